The van der Waals surface area contributed by atoms with Crippen molar-refractivity contribution in [2.75, 3.05) is 0 Å². The van der Waals surface area contributed by atoms with Gasteiger partial charge in [0.15, 0.2) is 0 Å². The zero-order valence-electron chi connectivity index (χ0n) is 14.9. The van der Waals surface area contributed by atoms with Crippen LogP contribution in [0.5, 0.6) is 5.75 Å². The summed E-state index contributed by atoms with van der Waals surface area (Å²) in [6, 6.07) is 12.1. The van der Waals surface area contributed by atoms with Crippen LogP contribution in [0.3, 0.4) is 0 Å². The molecule has 0 saturated heterocycles. The van der Waals surface area contributed by atoms with Crippen LogP contribution in [0, 0.1) is 29.9 Å². The fourth-order valence-electron chi connectivity index (χ4n) is 2.73. The van der Waals surface area contributed by atoms with Gasteiger partial charge in [-0.3, -0.25) is 9.78 Å². The van der Waals surface area contributed by atoms with Crippen LogP contribution in [0.1, 0.15) is 27.0 Å². The third-order valence-electron chi connectivity index (χ3n) is 4.14. The number of nitrogens with zero attached hydrogens (tertiary/aromatic N) is 2. The number of carbonyl (C=O) groups excluding carboxylic acids is 1. The van der Waals surface area contributed by atoms with Gasteiger partial charge in [0.2, 0.25) is 5.91 Å². The van der Waals surface area contributed by atoms with Gasteiger partial charge in [-0.05, 0) is 42.3 Å². The molecular formula is C21H15F2N3O2. The number of halogens is 2. The molecule has 5 nitrogen and oxygen atoms in total. The van der Waals surface area contributed by atoms with E-state index in [2.05, 4.69) is 4.98 Å². The second-order valence-electron chi connectivity index (χ2n) is 6.11. The van der Waals surface area contributed by atoms with Gasteiger partial charge in [-0.15, -0.1) is 0 Å². The highest BCUT2D eigenvalue weighted by molar-refractivity contribution is 5.94. The predicted molar refractivity (Wildman–Crippen MR) is 98.3 cm³/mol. The first-order valence-electron chi connectivity index (χ1n) is 8.26. The van der Waals surface area contributed by atoms with Crippen LogP contribution >= 0.6 is 0 Å². The third-order valence-corrected chi connectivity index (χ3v) is 4.14. The van der Waals surface area contributed by atoms with E-state index in [1.54, 1.807) is 43.5 Å². The summed E-state index contributed by atoms with van der Waals surface area (Å²) in [6.45, 7) is 1.84. The molecule has 0 radical (unpaired) electrons. The number of primary amides is 1. The highest BCUT2D eigenvalue weighted by Crippen LogP contribution is 2.23. The van der Waals surface area contributed by atoms with Gasteiger partial charge in [0, 0.05) is 29.5 Å². The van der Waals surface area contributed by atoms with Crippen molar-refractivity contribution in [3.8, 4) is 23.1 Å². The number of benzene rings is 2. The number of aromatic nitrogens is 1. The summed E-state index contributed by atoms with van der Waals surface area (Å²) in [4.78, 5) is 15.7. The molecule has 0 aliphatic rings. The molecule has 7 heteroatoms. The first-order valence-corrected chi connectivity index (χ1v) is 8.26. The summed E-state index contributed by atoms with van der Waals surface area (Å²) in [5.74, 6) is -2.47. The minimum absolute atomic E-state index is 0.0194. The van der Waals surface area contributed by atoms with Crippen LogP contribution in [0.15, 0.2) is 48.7 Å². The SMILES string of the molecule is Cc1cc(-c2cc(COc3cc(F)c(C#N)c(F)c3)ccn2)ccc1C(N)=O. The molecule has 2 N–H and O–H groups in total. The first kappa shape index (κ1) is 19.0. The maximum atomic E-state index is 13.7. The number of hydrogen-bond donors (Lipinski definition) is 1. The summed E-state index contributed by atoms with van der Waals surface area (Å²) >= 11 is 0. The Balaban J connectivity index is 1.80. The molecule has 0 unspecified atom stereocenters. The molecule has 0 saturated carbocycles. The largest absolute Gasteiger partial charge is 0.489 e. The molecule has 1 amide bonds. The molecule has 0 aliphatic heterocycles. The maximum absolute atomic E-state index is 13.7. The normalized spacial score (nSPS) is 10.4. The molecular weight excluding hydrogens is 364 g/mol. The molecule has 3 aromatic rings. The van der Waals surface area contributed by atoms with E-state index in [9.17, 15) is 13.6 Å². The molecule has 0 atom stereocenters. The number of pyridine rings is 1. The Bertz CT molecular complexity index is 1080. The second-order valence-corrected chi connectivity index (χ2v) is 6.11. The van der Waals surface area contributed by atoms with Gasteiger partial charge < -0.3 is 10.5 Å². The van der Waals surface area contributed by atoms with Crippen LogP contribution in [-0.2, 0) is 6.61 Å². The van der Waals surface area contributed by atoms with Gasteiger partial charge >= 0.3 is 0 Å². The number of nitrogens with two attached hydrogens (primary N) is 1. The lowest BCUT2D eigenvalue weighted by molar-refractivity contribution is 0.0999. The number of hydrogen-bond acceptors (Lipinski definition) is 4. The topological polar surface area (TPSA) is 89.0 Å². The zero-order valence-corrected chi connectivity index (χ0v) is 14.9. The van der Waals surface area contributed by atoms with Crippen molar-refractivity contribution >= 4 is 5.91 Å². The Hall–Kier alpha value is -3.79. The van der Waals surface area contributed by atoms with Crippen molar-refractivity contribution in [3.05, 3.63) is 82.5 Å². The molecule has 0 bridgehead atoms. The van der Waals surface area contributed by atoms with Crippen LogP contribution in [-0.4, -0.2) is 10.9 Å². The summed E-state index contributed by atoms with van der Waals surface area (Å²) in [6.07, 6.45) is 1.59. The quantitative estimate of drug-likeness (QED) is 0.728. The zero-order chi connectivity index (χ0) is 20.3. The Morgan fingerprint density at radius 1 is 1.18 bits per heavy atom. The highest BCUT2D eigenvalue weighted by atomic mass is 19.1. The predicted octanol–water partition coefficient (Wildman–Crippen LogP) is 3.88. The minimum atomic E-state index is -0.974. The summed E-state index contributed by atoms with van der Waals surface area (Å²) < 4.78 is 32.8. The van der Waals surface area contributed by atoms with Crippen LogP contribution in [0.4, 0.5) is 8.78 Å². The summed E-state index contributed by atoms with van der Waals surface area (Å²) in [7, 11) is 0. The van der Waals surface area contributed by atoms with E-state index in [1.165, 1.54) is 6.07 Å². The van der Waals surface area contributed by atoms with E-state index in [4.69, 9.17) is 15.7 Å². The van der Waals surface area contributed by atoms with Crippen molar-refractivity contribution in [1.29, 1.82) is 5.26 Å². The van der Waals surface area contributed by atoms with E-state index in [0.29, 0.717) is 11.3 Å². The van der Waals surface area contributed by atoms with Gasteiger partial charge in [0.25, 0.3) is 0 Å². The Morgan fingerprint density at radius 3 is 2.50 bits per heavy atom. The number of nitriles is 1. The van der Waals surface area contributed by atoms with E-state index in [0.717, 1.165) is 28.8 Å². The number of aryl methyl sites for hydroxylation is 1. The molecule has 28 heavy (non-hydrogen) atoms. The van der Waals surface area contributed by atoms with Crippen molar-refractivity contribution in [2.45, 2.75) is 13.5 Å². The van der Waals surface area contributed by atoms with E-state index < -0.39 is 23.1 Å². The third kappa shape index (κ3) is 3.96. The average Bonchev–Trinajstić information content (AvgIpc) is 2.66. The van der Waals surface area contributed by atoms with E-state index >= 15 is 0 Å². The monoisotopic (exact) mass is 379 g/mol. The van der Waals surface area contributed by atoms with Crippen LogP contribution < -0.4 is 10.5 Å². The molecule has 0 spiro atoms. The molecule has 2 aromatic carbocycles. The molecule has 0 fully saturated rings. The number of rotatable bonds is 5. The smallest absolute Gasteiger partial charge is 0.248 e. The van der Waals surface area contributed by atoms with Crippen molar-refractivity contribution < 1.29 is 18.3 Å². The van der Waals surface area contributed by atoms with Gasteiger partial charge in [0.1, 0.15) is 35.6 Å². The summed E-state index contributed by atoms with van der Waals surface area (Å²) in [5.41, 5.74) is 8.02. The van der Waals surface area contributed by atoms with Crippen LogP contribution in [0.25, 0.3) is 11.3 Å². The van der Waals surface area contributed by atoms with E-state index in [1.807, 2.05) is 0 Å². The Labute approximate surface area is 160 Å². The van der Waals surface area contributed by atoms with Gasteiger partial charge in [0.05, 0.1) is 5.69 Å². The fourth-order valence-corrected chi connectivity index (χ4v) is 2.73. The molecule has 3 rings (SSSR count). The maximum Gasteiger partial charge on any atom is 0.248 e. The number of ether oxygens (including phenoxy) is 1. The molecule has 1 aromatic heterocycles. The first-order chi connectivity index (χ1) is 13.4. The Morgan fingerprint density at radius 2 is 1.89 bits per heavy atom. The lowest BCUT2D eigenvalue weighted by atomic mass is 10.0. The van der Waals surface area contributed by atoms with Crippen molar-refractivity contribution in [3.63, 3.8) is 0 Å². The van der Waals surface area contributed by atoms with Crippen LogP contribution in [0.2, 0.25) is 0 Å². The fraction of sp³-hybridized carbons (Fsp3) is 0.0952. The lowest BCUT2D eigenvalue weighted by Crippen LogP contribution is -2.12. The number of carbonyl (C=O) groups is 1. The Kier molecular flexibility index (Phi) is 5.32. The van der Waals surface area contributed by atoms with Gasteiger partial charge in [-0.1, -0.05) is 6.07 Å². The van der Waals surface area contributed by atoms with Crippen molar-refractivity contribution in [2.24, 2.45) is 5.73 Å². The van der Waals surface area contributed by atoms with Gasteiger partial charge in [-0.25, -0.2) is 8.78 Å². The average molecular weight is 379 g/mol. The number of amides is 1. The summed E-state index contributed by atoms with van der Waals surface area (Å²) in [5, 5.41) is 8.70. The van der Waals surface area contributed by atoms with Crippen molar-refractivity contribution in [1.82, 2.24) is 4.98 Å². The molecule has 1 heterocycles. The lowest BCUT2D eigenvalue weighted by Gasteiger charge is -2.10. The highest BCUT2D eigenvalue weighted by Gasteiger charge is 2.12. The second kappa shape index (κ2) is 7.84. The minimum Gasteiger partial charge on any atom is -0.489 e. The molecule has 0 aliphatic carbocycles. The van der Waals surface area contributed by atoms with E-state index in [-0.39, 0.29) is 12.4 Å². The standard InChI is InChI=1S/C21H15F2N3O2/c1-12-6-14(2-3-16(12)21(25)27)20-7-13(4-5-26-20)11-28-15-8-18(22)17(10-24)19(23)9-15/h2-9H,11H2,1H3,(H2,25,27). The molecule has 140 valence electrons. The van der Waals surface area contributed by atoms with Gasteiger partial charge in [-0.2, -0.15) is 5.26 Å².